The van der Waals surface area contributed by atoms with Crippen LogP contribution in [0.2, 0.25) is 5.02 Å². The minimum absolute atomic E-state index is 0.301. The molecule has 1 N–H and O–H groups in total. The molecule has 122 valence electrons. The normalized spacial score (nSPS) is 10.5. The fourth-order valence-electron chi connectivity index (χ4n) is 2.14. The number of anilines is 1. The first-order valence-corrected chi connectivity index (χ1v) is 8.05. The summed E-state index contributed by atoms with van der Waals surface area (Å²) in [6, 6.07) is 10.3. The van der Waals surface area contributed by atoms with Crippen molar-refractivity contribution in [1.82, 2.24) is 14.8 Å². The first-order valence-electron chi connectivity index (χ1n) is 6.88. The molecule has 0 aliphatic heterocycles. The van der Waals surface area contributed by atoms with Crippen molar-refractivity contribution in [1.29, 1.82) is 0 Å². The number of hydrogen-bond acceptors (Lipinski definition) is 4. The third kappa shape index (κ3) is 3.42. The van der Waals surface area contributed by atoms with Gasteiger partial charge in [0.2, 0.25) is 0 Å². The molecule has 0 atom stereocenters. The Labute approximate surface area is 151 Å². The number of rotatable bonds is 4. The molecule has 0 bridgehead atoms. The Morgan fingerprint density at radius 3 is 2.83 bits per heavy atom. The van der Waals surface area contributed by atoms with E-state index in [4.69, 9.17) is 16.3 Å². The predicted octanol–water partition coefficient (Wildman–Crippen LogP) is 3.94. The van der Waals surface area contributed by atoms with E-state index in [0.717, 1.165) is 0 Å². The van der Waals surface area contributed by atoms with Gasteiger partial charge in [-0.05, 0) is 52.3 Å². The number of carbonyl (C=O) groups is 1. The first kappa shape index (κ1) is 16.5. The monoisotopic (exact) mass is 406 g/mol. The number of aromatic nitrogens is 3. The number of carbonyl (C=O) groups excluding carboxylic acids is 1. The summed E-state index contributed by atoms with van der Waals surface area (Å²) in [5.74, 6) is 0.287. The van der Waals surface area contributed by atoms with Gasteiger partial charge < -0.3 is 10.1 Å². The molecule has 0 fully saturated rings. The van der Waals surface area contributed by atoms with Crippen LogP contribution in [0, 0.1) is 0 Å². The minimum atomic E-state index is -0.301. The lowest BCUT2D eigenvalue weighted by Crippen LogP contribution is -2.15. The average molecular weight is 408 g/mol. The Bertz CT molecular complexity index is 884. The van der Waals surface area contributed by atoms with Crippen molar-refractivity contribution in [2.75, 3.05) is 12.4 Å². The number of nitrogens with one attached hydrogen (secondary N) is 1. The molecule has 1 heterocycles. The standard InChI is InChI=1S/C16H12BrClN4O2/c1-24-11-3-4-13(17)12(7-11)16(23)21-14-6-10(18)2-5-15(14)22-9-19-8-20-22/h2-9H,1H3,(H,21,23). The van der Waals surface area contributed by atoms with Crippen molar-refractivity contribution in [2.24, 2.45) is 0 Å². The van der Waals surface area contributed by atoms with E-state index < -0.39 is 0 Å². The van der Waals surface area contributed by atoms with E-state index in [2.05, 4.69) is 31.3 Å². The second-order valence-electron chi connectivity index (χ2n) is 4.80. The highest BCUT2D eigenvalue weighted by Crippen LogP contribution is 2.27. The smallest absolute Gasteiger partial charge is 0.257 e. The maximum absolute atomic E-state index is 12.7. The zero-order valence-electron chi connectivity index (χ0n) is 12.5. The van der Waals surface area contributed by atoms with Gasteiger partial charge in [-0.1, -0.05) is 11.6 Å². The number of amides is 1. The summed E-state index contributed by atoms with van der Waals surface area (Å²) in [4.78, 5) is 16.6. The van der Waals surface area contributed by atoms with Gasteiger partial charge in [-0.15, -0.1) is 0 Å². The third-order valence-electron chi connectivity index (χ3n) is 3.29. The zero-order chi connectivity index (χ0) is 17.1. The number of hydrogen-bond donors (Lipinski definition) is 1. The lowest BCUT2D eigenvalue weighted by Gasteiger charge is -2.12. The van der Waals surface area contributed by atoms with Gasteiger partial charge >= 0.3 is 0 Å². The van der Waals surface area contributed by atoms with Crippen molar-refractivity contribution in [3.8, 4) is 11.4 Å². The van der Waals surface area contributed by atoms with Crippen LogP contribution in [0.5, 0.6) is 5.75 Å². The van der Waals surface area contributed by atoms with Crippen molar-refractivity contribution in [3.63, 3.8) is 0 Å². The van der Waals surface area contributed by atoms with Gasteiger partial charge in [0.05, 0.1) is 24.0 Å². The van der Waals surface area contributed by atoms with E-state index in [9.17, 15) is 4.79 Å². The molecule has 0 spiro atoms. The lowest BCUT2D eigenvalue weighted by molar-refractivity contribution is 0.102. The van der Waals surface area contributed by atoms with E-state index in [0.29, 0.717) is 32.2 Å². The zero-order valence-corrected chi connectivity index (χ0v) is 14.9. The van der Waals surface area contributed by atoms with Gasteiger partial charge in [-0.2, -0.15) is 5.10 Å². The maximum Gasteiger partial charge on any atom is 0.257 e. The molecular formula is C16H12BrClN4O2. The Morgan fingerprint density at radius 2 is 2.12 bits per heavy atom. The molecule has 1 amide bonds. The summed E-state index contributed by atoms with van der Waals surface area (Å²) in [6.07, 6.45) is 2.96. The number of methoxy groups -OCH3 is 1. The van der Waals surface area contributed by atoms with Crippen molar-refractivity contribution in [2.45, 2.75) is 0 Å². The van der Waals surface area contributed by atoms with Crippen LogP contribution in [0.3, 0.4) is 0 Å². The maximum atomic E-state index is 12.7. The Balaban J connectivity index is 1.97. The SMILES string of the molecule is COc1ccc(Br)c(C(=O)Nc2cc(Cl)ccc2-n2cncn2)c1. The summed E-state index contributed by atoms with van der Waals surface area (Å²) in [5.41, 5.74) is 1.62. The summed E-state index contributed by atoms with van der Waals surface area (Å²) in [6.45, 7) is 0. The summed E-state index contributed by atoms with van der Waals surface area (Å²) in [7, 11) is 1.55. The molecule has 1 aromatic heterocycles. The van der Waals surface area contributed by atoms with Crippen LogP contribution < -0.4 is 10.1 Å². The highest BCUT2D eigenvalue weighted by molar-refractivity contribution is 9.10. The van der Waals surface area contributed by atoms with Crippen molar-refractivity contribution >= 4 is 39.1 Å². The van der Waals surface area contributed by atoms with E-state index in [-0.39, 0.29) is 5.91 Å². The predicted molar refractivity (Wildman–Crippen MR) is 95.0 cm³/mol. The van der Waals surface area contributed by atoms with Gasteiger partial charge in [0.25, 0.3) is 5.91 Å². The number of ether oxygens (including phenoxy) is 1. The van der Waals surface area contributed by atoms with Gasteiger partial charge in [-0.25, -0.2) is 9.67 Å². The fourth-order valence-corrected chi connectivity index (χ4v) is 2.73. The van der Waals surface area contributed by atoms with Crippen LogP contribution in [0.4, 0.5) is 5.69 Å². The molecule has 24 heavy (non-hydrogen) atoms. The average Bonchev–Trinajstić information content (AvgIpc) is 3.09. The van der Waals surface area contributed by atoms with Crippen LogP contribution in [-0.2, 0) is 0 Å². The quantitative estimate of drug-likeness (QED) is 0.711. The van der Waals surface area contributed by atoms with Gasteiger partial charge in [0.15, 0.2) is 0 Å². The van der Waals surface area contributed by atoms with Crippen LogP contribution in [0.1, 0.15) is 10.4 Å². The highest BCUT2D eigenvalue weighted by Gasteiger charge is 2.15. The largest absolute Gasteiger partial charge is 0.497 e. The van der Waals surface area contributed by atoms with E-state index >= 15 is 0 Å². The first-order chi connectivity index (χ1) is 11.6. The Morgan fingerprint density at radius 1 is 1.29 bits per heavy atom. The molecule has 8 heteroatoms. The van der Waals surface area contributed by atoms with Crippen LogP contribution in [-0.4, -0.2) is 27.8 Å². The molecular weight excluding hydrogens is 396 g/mol. The van der Waals surface area contributed by atoms with Crippen molar-refractivity contribution < 1.29 is 9.53 Å². The van der Waals surface area contributed by atoms with Crippen molar-refractivity contribution in [3.05, 3.63) is 64.1 Å². The molecule has 6 nitrogen and oxygen atoms in total. The minimum Gasteiger partial charge on any atom is -0.497 e. The van der Waals surface area contributed by atoms with E-state index in [1.165, 1.54) is 6.33 Å². The fraction of sp³-hybridized carbons (Fsp3) is 0.0625. The van der Waals surface area contributed by atoms with Gasteiger partial charge in [0.1, 0.15) is 18.4 Å². The number of halogens is 2. The number of benzene rings is 2. The van der Waals surface area contributed by atoms with Crippen LogP contribution >= 0.6 is 27.5 Å². The third-order valence-corrected chi connectivity index (χ3v) is 4.22. The Hall–Kier alpha value is -2.38. The Kier molecular flexibility index (Phi) is 4.82. The molecule has 3 rings (SSSR count). The molecule has 0 radical (unpaired) electrons. The molecule has 3 aromatic rings. The topological polar surface area (TPSA) is 69.0 Å². The highest BCUT2D eigenvalue weighted by atomic mass is 79.9. The lowest BCUT2D eigenvalue weighted by atomic mass is 10.2. The van der Waals surface area contributed by atoms with Crippen LogP contribution in [0.15, 0.2) is 53.5 Å². The van der Waals surface area contributed by atoms with E-state index in [1.807, 2.05) is 0 Å². The number of nitrogens with zero attached hydrogens (tertiary/aromatic N) is 3. The summed E-state index contributed by atoms with van der Waals surface area (Å²) in [5, 5.41) is 7.43. The van der Waals surface area contributed by atoms with Gasteiger partial charge in [0, 0.05) is 9.50 Å². The second kappa shape index (κ2) is 7.02. The van der Waals surface area contributed by atoms with Gasteiger partial charge in [-0.3, -0.25) is 4.79 Å². The summed E-state index contributed by atoms with van der Waals surface area (Å²) >= 11 is 9.44. The molecule has 0 unspecified atom stereocenters. The molecule has 0 aliphatic carbocycles. The van der Waals surface area contributed by atoms with Crippen LogP contribution in [0.25, 0.3) is 5.69 Å². The summed E-state index contributed by atoms with van der Waals surface area (Å²) < 4.78 is 7.37. The molecule has 2 aromatic carbocycles. The second-order valence-corrected chi connectivity index (χ2v) is 6.09. The molecule has 0 aliphatic rings. The molecule has 0 saturated heterocycles. The molecule has 0 saturated carbocycles. The van der Waals surface area contributed by atoms with E-state index in [1.54, 1.807) is 54.5 Å².